The molecule has 0 spiro atoms. The predicted molar refractivity (Wildman–Crippen MR) is 104 cm³/mol. The van der Waals surface area contributed by atoms with Gasteiger partial charge >= 0.3 is 5.97 Å². The van der Waals surface area contributed by atoms with Gasteiger partial charge in [-0.05, 0) is 18.1 Å². The Labute approximate surface area is 158 Å². The van der Waals surface area contributed by atoms with Crippen LogP contribution in [0.15, 0.2) is 54.6 Å². The van der Waals surface area contributed by atoms with Crippen molar-refractivity contribution in [3.05, 3.63) is 65.7 Å². The van der Waals surface area contributed by atoms with Crippen molar-refractivity contribution in [1.29, 1.82) is 0 Å². The largest absolute Gasteiger partial charge is 0.480 e. The molecule has 0 bridgehead atoms. The van der Waals surface area contributed by atoms with Crippen LogP contribution in [0.1, 0.15) is 36.2 Å². The Balaban J connectivity index is 2.08. The van der Waals surface area contributed by atoms with Crippen molar-refractivity contribution in [2.24, 2.45) is 5.92 Å². The summed E-state index contributed by atoms with van der Waals surface area (Å²) in [6, 6.07) is 14.8. The van der Waals surface area contributed by atoms with E-state index in [1.807, 2.05) is 19.9 Å². The number of hydrogen-bond acceptors (Lipinski definition) is 4. The molecule has 27 heavy (non-hydrogen) atoms. The van der Waals surface area contributed by atoms with Crippen molar-refractivity contribution in [2.75, 3.05) is 11.9 Å². The molecule has 0 saturated carbocycles. The van der Waals surface area contributed by atoms with Gasteiger partial charge in [0.25, 0.3) is 0 Å². The van der Waals surface area contributed by atoms with Gasteiger partial charge in [0, 0.05) is 11.1 Å². The van der Waals surface area contributed by atoms with Gasteiger partial charge in [-0.15, -0.1) is 0 Å². The number of para-hydroxylation sites is 1. The van der Waals surface area contributed by atoms with Crippen molar-refractivity contribution < 1.29 is 19.5 Å². The molecule has 0 aromatic heterocycles. The Bertz CT molecular complexity index is 805. The Kier molecular flexibility index (Phi) is 7.25. The first-order chi connectivity index (χ1) is 12.9. The molecule has 2 aromatic carbocycles. The van der Waals surface area contributed by atoms with E-state index in [2.05, 4.69) is 10.6 Å². The molecule has 0 aliphatic heterocycles. The van der Waals surface area contributed by atoms with E-state index in [9.17, 15) is 19.5 Å². The molecule has 0 fully saturated rings. The number of carboxylic acid groups (broad SMARTS) is 1. The van der Waals surface area contributed by atoms with E-state index in [1.165, 1.54) is 0 Å². The molecule has 2 atom stereocenters. The van der Waals surface area contributed by atoms with Gasteiger partial charge in [0.2, 0.25) is 5.91 Å². The number of ketones is 1. The highest BCUT2D eigenvalue weighted by molar-refractivity contribution is 6.13. The lowest BCUT2D eigenvalue weighted by molar-refractivity contribution is -0.140. The lowest BCUT2D eigenvalue weighted by atomic mass is 9.99. The number of carboxylic acids is 1. The SMILES string of the molecule is CC[C@H](C)[C@H](NCC(=O)Nc1ccccc1C(=O)c1ccccc1)C(=O)O. The van der Waals surface area contributed by atoms with Crippen LogP contribution < -0.4 is 10.6 Å². The zero-order valence-electron chi connectivity index (χ0n) is 15.4. The maximum absolute atomic E-state index is 12.7. The minimum absolute atomic E-state index is 0.109. The van der Waals surface area contributed by atoms with E-state index in [0.717, 1.165) is 0 Å². The maximum Gasteiger partial charge on any atom is 0.320 e. The molecule has 3 N–H and O–H groups in total. The fraction of sp³-hybridized carbons (Fsp3) is 0.286. The third-order valence-electron chi connectivity index (χ3n) is 4.44. The van der Waals surface area contributed by atoms with Crippen molar-refractivity contribution in [2.45, 2.75) is 26.3 Å². The molecule has 1 amide bonds. The summed E-state index contributed by atoms with van der Waals surface area (Å²) in [7, 11) is 0. The van der Waals surface area contributed by atoms with Gasteiger partial charge in [-0.25, -0.2) is 0 Å². The van der Waals surface area contributed by atoms with E-state index in [0.29, 0.717) is 23.2 Å². The summed E-state index contributed by atoms with van der Waals surface area (Å²) in [5, 5.41) is 14.8. The van der Waals surface area contributed by atoms with E-state index >= 15 is 0 Å². The second-order valence-corrected chi connectivity index (χ2v) is 6.37. The standard InChI is InChI=1S/C21H24N2O4/c1-3-14(2)19(21(26)27)22-13-18(24)23-17-12-8-7-11-16(17)20(25)15-9-5-4-6-10-15/h4-12,14,19,22H,3,13H2,1-2H3,(H,23,24)(H,26,27)/t14-,19-/m0/s1. The van der Waals surface area contributed by atoms with Gasteiger partial charge < -0.3 is 10.4 Å². The Morgan fingerprint density at radius 1 is 1.00 bits per heavy atom. The summed E-state index contributed by atoms with van der Waals surface area (Å²) in [6.07, 6.45) is 0.681. The van der Waals surface area contributed by atoms with Crippen LogP contribution in [0.25, 0.3) is 0 Å². The highest BCUT2D eigenvalue weighted by atomic mass is 16.4. The van der Waals surface area contributed by atoms with Crippen LogP contribution in [-0.4, -0.2) is 35.4 Å². The van der Waals surface area contributed by atoms with Gasteiger partial charge in [-0.1, -0.05) is 62.7 Å². The van der Waals surface area contributed by atoms with Crippen molar-refractivity contribution in [3.8, 4) is 0 Å². The number of aliphatic carboxylic acids is 1. The minimum Gasteiger partial charge on any atom is -0.480 e. The van der Waals surface area contributed by atoms with Crippen LogP contribution in [0.2, 0.25) is 0 Å². The molecule has 0 radical (unpaired) electrons. The molecule has 0 unspecified atom stereocenters. The monoisotopic (exact) mass is 368 g/mol. The zero-order valence-corrected chi connectivity index (χ0v) is 15.4. The molecule has 0 heterocycles. The highest BCUT2D eigenvalue weighted by Gasteiger charge is 2.24. The van der Waals surface area contributed by atoms with E-state index in [1.54, 1.807) is 48.5 Å². The lowest BCUT2D eigenvalue weighted by Crippen LogP contribution is -2.45. The van der Waals surface area contributed by atoms with Crippen LogP contribution in [0.5, 0.6) is 0 Å². The predicted octanol–water partition coefficient (Wildman–Crippen LogP) is 2.95. The lowest BCUT2D eigenvalue weighted by Gasteiger charge is -2.20. The quantitative estimate of drug-likeness (QED) is 0.592. The summed E-state index contributed by atoms with van der Waals surface area (Å²) >= 11 is 0. The third-order valence-corrected chi connectivity index (χ3v) is 4.44. The maximum atomic E-state index is 12.7. The first-order valence-electron chi connectivity index (χ1n) is 8.88. The van der Waals surface area contributed by atoms with Crippen molar-refractivity contribution >= 4 is 23.3 Å². The van der Waals surface area contributed by atoms with Crippen LogP contribution in [0, 0.1) is 5.92 Å². The van der Waals surface area contributed by atoms with Gasteiger partial charge in [0.15, 0.2) is 5.78 Å². The summed E-state index contributed by atoms with van der Waals surface area (Å²) in [6.45, 7) is 3.56. The van der Waals surface area contributed by atoms with Crippen LogP contribution in [0.4, 0.5) is 5.69 Å². The van der Waals surface area contributed by atoms with E-state index < -0.39 is 17.9 Å². The van der Waals surface area contributed by atoms with Gasteiger partial charge in [-0.3, -0.25) is 19.7 Å². The third kappa shape index (κ3) is 5.49. The fourth-order valence-electron chi connectivity index (χ4n) is 2.70. The average molecular weight is 368 g/mol. The molecule has 6 nitrogen and oxygen atoms in total. The Morgan fingerprint density at radius 2 is 1.63 bits per heavy atom. The van der Waals surface area contributed by atoms with Crippen LogP contribution in [0.3, 0.4) is 0 Å². The zero-order chi connectivity index (χ0) is 19.8. The molecule has 0 aliphatic carbocycles. The number of rotatable bonds is 9. The normalized spacial score (nSPS) is 12.8. The second-order valence-electron chi connectivity index (χ2n) is 6.37. The van der Waals surface area contributed by atoms with Crippen LogP contribution >= 0.6 is 0 Å². The van der Waals surface area contributed by atoms with E-state index in [4.69, 9.17) is 0 Å². The molecule has 2 aromatic rings. The molecule has 0 saturated heterocycles. The summed E-state index contributed by atoms with van der Waals surface area (Å²) in [5.41, 5.74) is 1.31. The van der Waals surface area contributed by atoms with Gasteiger partial charge in [0.1, 0.15) is 6.04 Å². The highest BCUT2D eigenvalue weighted by Crippen LogP contribution is 2.19. The average Bonchev–Trinajstić information content (AvgIpc) is 2.68. The number of nitrogens with one attached hydrogen (secondary N) is 2. The summed E-state index contributed by atoms with van der Waals surface area (Å²) in [4.78, 5) is 36.3. The number of benzene rings is 2. The second kappa shape index (κ2) is 9.64. The Hall–Kier alpha value is -2.99. The van der Waals surface area contributed by atoms with Crippen molar-refractivity contribution in [1.82, 2.24) is 5.32 Å². The minimum atomic E-state index is -0.989. The molecular weight excluding hydrogens is 344 g/mol. The van der Waals surface area contributed by atoms with Crippen molar-refractivity contribution in [3.63, 3.8) is 0 Å². The number of anilines is 1. The Morgan fingerprint density at radius 3 is 2.26 bits per heavy atom. The van der Waals surface area contributed by atoms with E-state index in [-0.39, 0.29) is 18.2 Å². The molecule has 6 heteroatoms. The van der Waals surface area contributed by atoms with Gasteiger partial charge in [-0.2, -0.15) is 0 Å². The number of carbonyl (C=O) groups is 3. The topological polar surface area (TPSA) is 95.5 Å². The van der Waals surface area contributed by atoms with Crippen LogP contribution in [-0.2, 0) is 9.59 Å². The number of carbonyl (C=O) groups excluding carboxylic acids is 2. The summed E-state index contributed by atoms with van der Waals surface area (Å²) < 4.78 is 0. The number of hydrogen-bond donors (Lipinski definition) is 3. The molecule has 142 valence electrons. The smallest absolute Gasteiger partial charge is 0.320 e. The first kappa shape index (κ1) is 20.3. The molecular formula is C21H24N2O4. The number of amides is 1. The molecule has 2 rings (SSSR count). The van der Waals surface area contributed by atoms with Gasteiger partial charge in [0.05, 0.1) is 12.2 Å². The molecule has 0 aliphatic rings. The summed E-state index contributed by atoms with van der Waals surface area (Å²) in [5.74, 6) is -1.70. The first-order valence-corrected chi connectivity index (χ1v) is 8.88. The fourth-order valence-corrected chi connectivity index (χ4v) is 2.70.